The van der Waals surface area contributed by atoms with E-state index in [-0.39, 0.29) is 11.9 Å². The third kappa shape index (κ3) is 2.02. The van der Waals surface area contributed by atoms with E-state index in [0.29, 0.717) is 12.4 Å². The largest absolute Gasteiger partial charge is 0.356 e. The zero-order chi connectivity index (χ0) is 9.97. The van der Waals surface area contributed by atoms with Crippen molar-refractivity contribution in [2.45, 2.75) is 6.04 Å². The number of amides is 1. The second kappa shape index (κ2) is 3.93. The van der Waals surface area contributed by atoms with Crippen LogP contribution in [0.3, 0.4) is 0 Å². The smallest absolute Gasteiger partial charge is 0.268 e. The highest BCUT2D eigenvalue weighted by Crippen LogP contribution is 2.12. The molecule has 0 saturated carbocycles. The minimum atomic E-state index is -0.364. The van der Waals surface area contributed by atoms with Crippen LogP contribution in [0.15, 0.2) is 22.8 Å². The standard InChI is InChI=1S/C8H8BrN3O2/c9-6-2-1-3-7(11-6)10-5-4-14-12-8(5)13/h1-3,5H,4H2,(H,10,11)(H,12,13). The molecule has 2 rings (SSSR count). The van der Waals surface area contributed by atoms with E-state index in [4.69, 9.17) is 4.84 Å². The molecule has 1 amide bonds. The minimum absolute atomic E-state index is 0.174. The van der Waals surface area contributed by atoms with Crippen LogP contribution in [0.5, 0.6) is 0 Å². The van der Waals surface area contributed by atoms with Crippen molar-refractivity contribution in [3.05, 3.63) is 22.8 Å². The van der Waals surface area contributed by atoms with E-state index in [1.165, 1.54) is 0 Å². The lowest BCUT2D eigenvalue weighted by Crippen LogP contribution is -2.31. The molecule has 1 aliphatic heterocycles. The monoisotopic (exact) mass is 257 g/mol. The normalized spacial score (nSPS) is 20.6. The molecule has 0 radical (unpaired) electrons. The van der Waals surface area contributed by atoms with Crippen LogP contribution in [0, 0.1) is 0 Å². The highest BCUT2D eigenvalue weighted by atomic mass is 79.9. The van der Waals surface area contributed by atoms with Gasteiger partial charge in [0.2, 0.25) is 0 Å². The summed E-state index contributed by atoms with van der Waals surface area (Å²) in [6.45, 7) is 0.313. The van der Waals surface area contributed by atoms with Crippen LogP contribution in [-0.4, -0.2) is 23.5 Å². The van der Waals surface area contributed by atoms with E-state index < -0.39 is 0 Å². The van der Waals surface area contributed by atoms with E-state index in [2.05, 4.69) is 31.7 Å². The quantitative estimate of drug-likeness (QED) is 0.766. The van der Waals surface area contributed by atoms with Crippen LogP contribution in [0.2, 0.25) is 0 Å². The number of nitrogens with one attached hydrogen (secondary N) is 2. The molecule has 0 bridgehead atoms. The lowest BCUT2D eigenvalue weighted by atomic mass is 10.3. The Morgan fingerprint density at radius 3 is 3.14 bits per heavy atom. The molecule has 0 aromatic carbocycles. The number of hydroxylamine groups is 1. The zero-order valence-electron chi connectivity index (χ0n) is 7.16. The minimum Gasteiger partial charge on any atom is -0.356 e. The van der Waals surface area contributed by atoms with Crippen molar-refractivity contribution in [1.29, 1.82) is 0 Å². The Kier molecular flexibility index (Phi) is 2.64. The summed E-state index contributed by atoms with van der Waals surface area (Å²) in [7, 11) is 0. The maximum atomic E-state index is 11.1. The first-order valence-electron chi connectivity index (χ1n) is 4.06. The predicted octanol–water partition coefficient (Wildman–Crippen LogP) is 0.686. The van der Waals surface area contributed by atoms with Gasteiger partial charge in [-0.1, -0.05) is 6.07 Å². The second-order valence-electron chi connectivity index (χ2n) is 2.82. The van der Waals surface area contributed by atoms with Crippen molar-refractivity contribution in [3.63, 3.8) is 0 Å². The van der Waals surface area contributed by atoms with E-state index in [1.807, 2.05) is 12.1 Å². The van der Waals surface area contributed by atoms with Gasteiger partial charge in [-0.15, -0.1) is 0 Å². The summed E-state index contributed by atoms with van der Waals surface area (Å²) >= 11 is 3.24. The van der Waals surface area contributed by atoms with Crippen molar-refractivity contribution in [1.82, 2.24) is 10.5 Å². The van der Waals surface area contributed by atoms with Crippen LogP contribution in [0.25, 0.3) is 0 Å². The van der Waals surface area contributed by atoms with Crippen LogP contribution in [0.4, 0.5) is 5.82 Å². The molecule has 1 saturated heterocycles. The molecule has 1 unspecified atom stereocenters. The van der Waals surface area contributed by atoms with Gasteiger partial charge in [0.15, 0.2) is 0 Å². The molecule has 1 atom stereocenters. The molecular weight excluding hydrogens is 250 g/mol. The first-order chi connectivity index (χ1) is 6.75. The molecule has 14 heavy (non-hydrogen) atoms. The Morgan fingerprint density at radius 2 is 2.50 bits per heavy atom. The molecule has 1 aromatic rings. The van der Waals surface area contributed by atoms with Crippen LogP contribution in [-0.2, 0) is 9.63 Å². The average molecular weight is 258 g/mol. The van der Waals surface area contributed by atoms with Gasteiger partial charge in [0.1, 0.15) is 23.1 Å². The fraction of sp³-hybridized carbons (Fsp3) is 0.250. The lowest BCUT2D eigenvalue weighted by Gasteiger charge is -2.08. The highest BCUT2D eigenvalue weighted by Gasteiger charge is 2.25. The molecule has 6 heteroatoms. The van der Waals surface area contributed by atoms with Gasteiger partial charge in [0.05, 0.1) is 0 Å². The van der Waals surface area contributed by atoms with Crippen molar-refractivity contribution in [2.24, 2.45) is 0 Å². The van der Waals surface area contributed by atoms with Crippen molar-refractivity contribution in [3.8, 4) is 0 Å². The Morgan fingerprint density at radius 1 is 1.64 bits per heavy atom. The number of pyridine rings is 1. The molecule has 0 spiro atoms. The van der Waals surface area contributed by atoms with Gasteiger partial charge < -0.3 is 5.32 Å². The summed E-state index contributed by atoms with van der Waals surface area (Å²) in [5, 5.41) is 2.95. The SMILES string of the molecule is O=C1NOCC1Nc1cccc(Br)n1. The average Bonchev–Trinajstić information content (AvgIpc) is 2.52. The number of hydrogen-bond acceptors (Lipinski definition) is 4. The number of carbonyl (C=O) groups excluding carboxylic acids is 1. The van der Waals surface area contributed by atoms with Crippen LogP contribution < -0.4 is 10.8 Å². The highest BCUT2D eigenvalue weighted by molar-refractivity contribution is 9.10. The fourth-order valence-corrected chi connectivity index (χ4v) is 1.46. The number of anilines is 1. The van der Waals surface area contributed by atoms with Gasteiger partial charge in [-0.3, -0.25) is 9.63 Å². The van der Waals surface area contributed by atoms with E-state index in [0.717, 1.165) is 4.60 Å². The second-order valence-corrected chi connectivity index (χ2v) is 3.63. The number of aromatic nitrogens is 1. The Balaban J connectivity index is 2.07. The number of halogens is 1. The molecule has 1 aliphatic rings. The number of hydrogen-bond donors (Lipinski definition) is 2. The van der Waals surface area contributed by atoms with E-state index >= 15 is 0 Å². The topological polar surface area (TPSA) is 63.2 Å². The summed E-state index contributed by atoms with van der Waals surface area (Å²) in [6, 6.07) is 5.08. The maximum absolute atomic E-state index is 11.1. The molecule has 2 heterocycles. The molecule has 1 fully saturated rings. The van der Waals surface area contributed by atoms with E-state index in [9.17, 15) is 4.79 Å². The summed E-state index contributed by atoms with van der Waals surface area (Å²) in [6.07, 6.45) is 0. The number of nitrogens with zero attached hydrogens (tertiary/aromatic N) is 1. The van der Waals surface area contributed by atoms with Crippen LogP contribution >= 0.6 is 15.9 Å². The van der Waals surface area contributed by atoms with Gasteiger partial charge >= 0.3 is 0 Å². The summed E-state index contributed by atoms with van der Waals surface area (Å²) in [5.74, 6) is 0.469. The summed E-state index contributed by atoms with van der Waals surface area (Å²) in [4.78, 5) is 20.0. The van der Waals surface area contributed by atoms with Gasteiger partial charge in [0.25, 0.3) is 5.91 Å². The first kappa shape index (κ1) is 9.42. The Hall–Kier alpha value is -1.14. The van der Waals surface area contributed by atoms with Crippen LogP contribution in [0.1, 0.15) is 0 Å². The van der Waals surface area contributed by atoms with Crippen molar-refractivity contribution >= 4 is 27.7 Å². The molecule has 5 nitrogen and oxygen atoms in total. The Labute approximate surface area is 88.9 Å². The number of carbonyl (C=O) groups is 1. The van der Waals surface area contributed by atoms with Crippen molar-refractivity contribution < 1.29 is 9.63 Å². The molecule has 0 aliphatic carbocycles. The Bertz CT molecular complexity index is 358. The molecule has 74 valence electrons. The van der Waals surface area contributed by atoms with Gasteiger partial charge in [-0.05, 0) is 28.1 Å². The van der Waals surface area contributed by atoms with Gasteiger partial charge in [0, 0.05) is 0 Å². The fourth-order valence-electron chi connectivity index (χ4n) is 1.12. The third-order valence-electron chi connectivity index (χ3n) is 1.78. The summed E-state index contributed by atoms with van der Waals surface area (Å²) in [5.41, 5.74) is 2.26. The molecule has 2 N–H and O–H groups in total. The molecule has 1 aromatic heterocycles. The predicted molar refractivity (Wildman–Crippen MR) is 53.4 cm³/mol. The third-order valence-corrected chi connectivity index (χ3v) is 2.22. The zero-order valence-corrected chi connectivity index (χ0v) is 8.74. The lowest BCUT2D eigenvalue weighted by molar-refractivity contribution is -0.124. The van der Waals surface area contributed by atoms with Gasteiger partial charge in [-0.2, -0.15) is 0 Å². The number of rotatable bonds is 2. The maximum Gasteiger partial charge on any atom is 0.268 e. The summed E-state index contributed by atoms with van der Waals surface area (Å²) < 4.78 is 0.724. The van der Waals surface area contributed by atoms with E-state index in [1.54, 1.807) is 6.07 Å². The molecular formula is C8H8BrN3O2. The first-order valence-corrected chi connectivity index (χ1v) is 4.86. The van der Waals surface area contributed by atoms with Crippen molar-refractivity contribution in [2.75, 3.05) is 11.9 Å². The van der Waals surface area contributed by atoms with Gasteiger partial charge in [-0.25, -0.2) is 10.5 Å².